The van der Waals surface area contributed by atoms with E-state index in [1.165, 1.54) is 4.31 Å². The third kappa shape index (κ3) is 3.01. The van der Waals surface area contributed by atoms with Crippen molar-refractivity contribution in [3.05, 3.63) is 0 Å². The molecule has 3 saturated heterocycles. The number of carbonyl (C=O) groups excluding carboxylic acids is 1. The van der Waals surface area contributed by atoms with Gasteiger partial charge in [0.25, 0.3) is 10.2 Å². The number of hydrogen-bond donors (Lipinski definition) is 1. The van der Waals surface area contributed by atoms with Gasteiger partial charge < -0.3 is 10.2 Å². The summed E-state index contributed by atoms with van der Waals surface area (Å²) in [7, 11) is -0.225. The van der Waals surface area contributed by atoms with Gasteiger partial charge in [0.15, 0.2) is 0 Å². The molecule has 0 aromatic heterocycles. The molecule has 0 aromatic rings. The normalized spacial score (nSPS) is 30.9. The lowest BCUT2D eigenvalue weighted by molar-refractivity contribution is -0.133. The zero-order valence-electron chi connectivity index (χ0n) is 15.9. The monoisotopic (exact) mass is 372 g/mol. The first-order chi connectivity index (χ1) is 11.6. The maximum absolute atomic E-state index is 12.8. The van der Waals surface area contributed by atoms with E-state index >= 15 is 0 Å². The molecule has 2 spiro atoms. The second kappa shape index (κ2) is 6.48. The van der Waals surface area contributed by atoms with Crippen LogP contribution in [0.5, 0.6) is 0 Å². The quantitative estimate of drug-likeness (QED) is 0.773. The molecule has 8 heteroatoms. The van der Waals surface area contributed by atoms with Crippen LogP contribution in [0.25, 0.3) is 0 Å². The van der Waals surface area contributed by atoms with Gasteiger partial charge in [-0.2, -0.15) is 17.0 Å². The second-order valence-corrected chi connectivity index (χ2v) is 10.8. The van der Waals surface area contributed by atoms with E-state index in [9.17, 15) is 13.2 Å². The van der Waals surface area contributed by atoms with E-state index in [4.69, 9.17) is 0 Å². The lowest BCUT2D eigenvalue weighted by atomic mass is 9.60. The van der Waals surface area contributed by atoms with Gasteiger partial charge in [-0.1, -0.05) is 13.8 Å². The highest BCUT2D eigenvalue weighted by Crippen LogP contribution is 2.56. The van der Waals surface area contributed by atoms with Crippen LogP contribution in [0.2, 0.25) is 0 Å². The number of nitrogens with one attached hydrogen (secondary N) is 1. The van der Waals surface area contributed by atoms with Gasteiger partial charge in [-0.3, -0.25) is 4.79 Å². The molecule has 1 amide bonds. The molecule has 0 aromatic carbocycles. The fourth-order valence-corrected chi connectivity index (χ4v) is 6.28. The van der Waals surface area contributed by atoms with E-state index in [2.05, 4.69) is 24.1 Å². The van der Waals surface area contributed by atoms with Crippen LogP contribution in [-0.4, -0.2) is 81.2 Å². The third-order valence-corrected chi connectivity index (χ3v) is 8.34. The van der Waals surface area contributed by atoms with E-state index in [0.717, 1.165) is 45.4 Å². The molecule has 3 aliphatic rings. The highest BCUT2D eigenvalue weighted by molar-refractivity contribution is 7.86. The Bertz CT molecular complexity index is 626. The number of fused-ring (bicyclic) bond motifs is 1. The number of piperidine rings is 1. The van der Waals surface area contributed by atoms with Crippen LogP contribution < -0.4 is 5.32 Å². The summed E-state index contributed by atoms with van der Waals surface area (Å²) in [6.45, 7) is 8.89. The maximum atomic E-state index is 12.8. The number of hydrogen-bond acceptors (Lipinski definition) is 4. The summed E-state index contributed by atoms with van der Waals surface area (Å²) in [6.07, 6.45) is 2.41. The summed E-state index contributed by atoms with van der Waals surface area (Å²) >= 11 is 0. The SMILES string of the molecule is CC(C)CN1CC2(CCN(S(=O)(=O)N(C)C)CC2)C2(CCNC2=O)C1. The van der Waals surface area contributed by atoms with E-state index in [0.29, 0.717) is 19.0 Å². The van der Waals surface area contributed by atoms with Gasteiger partial charge in [-0.05, 0) is 25.2 Å². The smallest absolute Gasteiger partial charge is 0.281 e. The zero-order chi connectivity index (χ0) is 18.5. The molecule has 3 heterocycles. The molecule has 3 fully saturated rings. The van der Waals surface area contributed by atoms with E-state index < -0.39 is 10.2 Å². The molecule has 0 aliphatic carbocycles. The molecule has 1 N–H and O–H groups in total. The Kier molecular flexibility index (Phi) is 4.94. The highest BCUT2D eigenvalue weighted by atomic mass is 32.2. The topological polar surface area (TPSA) is 73.0 Å². The first-order valence-corrected chi connectivity index (χ1v) is 10.7. The summed E-state index contributed by atoms with van der Waals surface area (Å²) in [5, 5.41) is 3.05. The Morgan fingerprint density at radius 3 is 2.28 bits per heavy atom. The summed E-state index contributed by atoms with van der Waals surface area (Å²) < 4.78 is 27.7. The fraction of sp³-hybridized carbons (Fsp3) is 0.941. The first-order valence-electron chi connectivity index (χ1n) is 9.31. The van der Waals surface area contributed by atoms with Gasteiger partial charge >= 0.3 is 0 Å². The lowest BCUT2D eigenvalue weighted by Crippen LogP contribution is -2.54. The highest BCUT2D eigenvalue weighted by Gasteiger charge is 2.63. The summed E-state index contributed by atoms with van der Waals surface area (Å²) in [5.41, 5.74) is -0.434. The van der Waals surface area contributed by atoms with E-state index in [-0.39, 0.29) is 16.7 Å². The van der Waals surface area contributed by atoms with Crippen molar-refractivity contribution in [1.29, 1.82) is 0 Å². The molecule has 0 saturated carbocycles. The van der Waals surface area contributed by atoms with E-state index in [1.807, 2.05) is 0 Å². The minimum atomic E-state index is -3.37. The number of nitrogens with zero attached hydrogens (tertiary/aromatic N) is 3. The van der Waals surface area contributed by atoms with Crippen LogP contribution in [0.3, 0.4) is 0 Å². The zero-order valence-corrected chi connectivity index (χ0v) is 16.7. The van der Waals surface area contributed by atoms with Crippen molar-refractivity contribution in [3.63, 3.8) is 0 Å². The van der Waals surface area contributed by atoms with Crippen LogP contribution in [-0.2, 0) is 15.0 Å². The molecule has 3 rings (SSSR count). The largest absolute Gasteiger partial charge is 0.356 e. The van der Waals surface area contributed by atoms with Crippen LogP contribution >= 0.6 is 0 Å². The molecule has 7 nitrogen and oxygen atoms in total. The molecule has 144 valence electrons. The first kappa shape index (κ1) is 19.1. The molecule has 1 atom stereocenters. The van der Waals surface area contributed by atoms with Crippen molar-refractivity contribution in [2.75, 3.05) is 53.4 Å². The third-order valence-electron chi connectivity index (χ3n) is 6.40. The number of amides is 1. The number of carbonyl (C=O) groups is 1. The fourth-order valence-electron chi connectivity index (χ4n) is 5.17. The van der Waals surface area contributed by atoms with Gasteiger partial charge in [0.1, 0.15) is 0 Å². The Hall–Kier alpha value is -0.700. The van der Waals surface area contributed by atoms with Gasteiger partial charge in [0.05, 0.1) is 5.41 Å². The van der Waals surface area contributed by atoms with Crippen molar-refractivity contribution in [2.24, 2.45) is 16.7 Å². The van der Waals surface area contributed by atoms with Gasteiger partial charge in [-0.25, -0.2) is 0 Å². The lowest BCUT2D eigenvalue weighted by Gasteiger charge is -2.46. The van der Waals surface area contributed by atoms with Crippen molar-refractivity contribution < 1.29 is 13.2 Å². The van der Waals surface area contributed by atoms with Gasteiger partial charge in [-0.15, -0.1) is 0 Å². The number of rotatable bonds is 4. The predicted octanol–water partition coefficient (Wildman–Crippen LogP) is 0.353. The minimum absolute atomic E-state index is 0.0964. The molecule has 3 aliphatic heterocycles. The van der Waals surface area contributed by atoms with Crippen LogP contribution in [0, 0.1) is 16.7 Å². The van der Waals surface area contributed by atoms with Crippen molar-refractivity contribution >= 4 is 16.1 Å². The summed E-state index contributed by atoms with van der Waals surface area (Å²) in [4.78, 5) is 15.2. The molecule has 1 unspecified atom stereocenters. The average molecular weight is 373 g/mol. The summed E-state index contributed by atoms with van der Waals surface area (Å²) in [6, 6.07) is 0. The Labute approximate surface area is 151 Å². The maximum Gasteiger partial charge on any atom is 0.281 e. The summed E-state index contributed by atoms with van der Waals surface area (Å²) in [5.74, 6) is 0.744. The molecule has 0 bridgehead atoms. The minimum Gasteiger partial charge on any atom is -0.356 e. The van der Waals surface area contributed by atoms with Crippen molar-refractivity contribution in [3.8, 4) is 0 Å². The predicted molar refractivity (Wildman–Crippen MR) is 97.2 cm³/mol. The molecular formula is C17H32N4O3S. The Morgan fingerprint density at radius 2 is 1.80 bits per heavy atom. The average Bonchev–Trinajstić information content (AvgIpc) is 3.02. The van der Waals surface area contributed by atoms with Crippen LogP contribution in [0.4, 0.5) is 0 Å². The Morgan fingerprint density at radius 1 is 1.16 bits per heavy atom. The van der Waals surface area contributed by atoms with Crippen molar-refractivity contribution in [1.82, 2.24) is 18.8 Å². The standard InChI is InChI=1S/C17H32N4O3S/c1-14(2)11-20-12-16(17(13-20)5-8-18-15(17)22)6-9-21(10-7-16)25(23,24)19(3)4/h14H,5-13H2,1-4H3,(H,18,22). The van der Waals surface area contributed by atoms with Crippen molar-refractivity contribution in [2.45, 2.75) is 33.1 Å². The van der Waals surface area contributed by atoms with Gasteiger partial charge in [0, 0.05) is 58.8 Å². The Balaban J connectivity index is 1.83. The van der Waals surface area contributed by atoms with Crippen LogP contribution in [0.1, 0.15) is 33.1 Å². The van der Waals surface area contributed by atoms with Gasteiger partial charge in [0.2, 0.25) is 5.91 Å². The molecule has 25 heavy (non-hydrogen) atoms. The molecule has 0 radical (unpaired) electrons. The number of likely N-dealkylation sites (tertiary alicyclic amines) is 1. The van der Waals surface area contributed by atoms with Crippen LogP contribution in [0.15, 0.2) is 0 Å². The molecular weight excluding hydrogens is 340 g/mol. The second-order valence-electron chi connectivity index (χ2n) is 8.62. The van der Waals surface area contributed by atoms with E-state index in [1.54, 1.807) is 18.4 Å².